The molecule has 0 unspecified atom stereocenters. The van der Waals surface area contributed by atoms with Crippen molar-refractivity contribution in [1.29, 1.82) is 5.26 Å². The van der Waals surface area contributed by atoms with Crippen LogP contribution in [0.2, 0.25) is 0 Å². The molecule has 4 aromatic carbocycles. The average molecular weight is 592 g/mol. The zero-order valence-electron chi connectivity index (χ0n) is 25.4. The molecule has 0 aliphatic heterocycles. The number of benzene rings is 4. The second-order valence-electron chi connectivity index (χ2n) is 9.89. The molecule has 44 heavy (non-hydrogen) atoms. The number of halogens is 1. The van der Waals surface area contributed by atoms with Crippen LogP contribution < -0.4 is 9.47 Å². The molecule has 0 bridgehead atoms. The van der Waals surface area contributed by atoms with E-state index in [1.54, 1.807) is 48.5 Å². The Labute approximate surface area is 259 Å². The summed E-state index contributed by atoms with van der Waals surface area (Å²) in [6.07, 6.45) is 6.01. The Bertz CT molecular complexity index is 1550. The molecule has 5 nitrogen and oxygen atoms in total. The molecular formula is C38H38FNO4. The van der Waals surface area contributed by atoms with Gasteiger partial charge in [-0.3, -0.25) is 9.59 Å². The van der Waals surface area contributed by atoms with Crippen molar-refractivity contribution in [2.24, 2.45) is 0 Å². The molecule has 0 radical (unpaired) electrons. The van der Waals surface area contributed by atoms with Gasteiger partial charge in [0.15, 0.2) is 0 Å². The average Bonchev–Trinajstić information content (AvgIpc) is 3.05. The zero-order chi connectivity index (χ0) is 31.7. The molecule has 0 aliphatic rings. The third-order valence-corrected chi connectivity index (χ3v) is 6.77. The van der Waals surface area contributed by atoms with Crippen LogP contribution in [0, 0.1) is 17.1 Å². The van der Waals surface area contributed by atoms with Crippen molar-refractivity contribution in [1.82, 2.24) is 0 Å². The molecular weight excluding hydrogens is 553 g/mol. The van der Waals surface area contributed by atoms with Crippen molar-refractivity contribution >= 4 is 11.9 Å². The number of esters is 2. The summed E-state index contributed by atoms with van der Waals surface area (Å²) in [6, 6.07) is 28.7. The summed E-state index contributed by atoms with van der Waals surface area (Å²) in [5, 5.41) is 8.91. The van der Waals surface area contributed by atoms with Crippen molar-refractivity contribution in [3.8, 4) is 39.8 Å². The van der Waals surface area contributed by atoms with Crippen LogP contribution in [0.5, 0.6) is 11.5 Å². The molecule has 0 aliphatic carbocycles. The normalized spacial score (nSPS) is 10.1. The standard InChI is InChI=1S/C36H32FNO4.C2H6/c1-2-3-7-26-10-14-28(15-11-26)29-18-20-31(21-19-29)41-35(39)8-5-4-6-9-36(40)42-32-22-23-33(34(37)24-32)30-16-12-27(25-38)13-17-30;1-2/h2,10-24H,1,3-9H2;1-2H3. The van der Waals surface area contributed by atoms with Gasteiger partial charge in [0, 0.05) is 24.5 Å². The second-order valence-corrected chi connectivity index (χ2v) is 9.89. The van der Waals surface area contributed by atoms with E-state index in [-0.39, 0.29) is 24.6 Å². The highest BCUT2D eigenvalue weighted by molar-refractivity contribution is 5.74. The molecule has 0 aromatic heterocycles. The first-order chi connectivity index (χ1) is 21.4. The quantitative estimate of drug-likeness (QED) is 0.0670. The molecule has 0 heterocycles. The lowest BCUT2D eigenvalue weighted by atomic mass is 10.0. The summed E-state index contributed by atoms with van der Waals surface area (Å²) in [5.41, 5.74) is 4.88. The van der Waals surface area contributed by atoms with Crippen LogP contribution in [0.1, 0.15) is 63.5 Å². The van der Waals surface area contributed by atoms with E-state index in [4.69, 9.17) is 14.7 Å². The maximum atomic E-state index is 14.6. The van der Waals surface area contributed by atoms with Crippen molar-refractivity contribution in [3.63, 3.8) is 0 Å². The highest BCUT2D eigenvalue weighted by atomic mass is 19.1. The van der Waals surface area contributed by atoms with Gasteiger partial charge in [0.25, 0.3) is 0 Å². The number of hydrogen-bond donors (Lipinski definition) is 0. The Morgan fingerprint density at radius 2 is 1.27 bits per heavy atom. The van der Waals surface area contributed by atoms with Crippen molar-refractivity contribution in [3.05, 3.63) is 121 Å². The monoisotopic (exact) mass is 591 g/mol. The molecule has 0 fully saturated rings. The highest BCUT2D eigenvalue weighted by Crippen LogP contribution is 2.27. The van der Waals surface area contributed by atoms with E-state index in [0.717, 1.165) is 24.0 Å². The minimum atomic E-state index is -0.522. The van der Waals surface area contributed by atoms with E-state index in [1.807, 2.05) is 38.1 Å². The molecule has 4 rings (SSSR count). The van der Waals surface area contributed by atoms with E-state index >= 15 is 0 Å². The molecule has 0 saturated heterocycles. The van der Waals surface area contributed by atoms with E-state index < -0.39 is 11.8 Å². The number of ether oxygens (including phenoxy) is 2. The summed E-state index contributed by atoms with van der Waals surface area (Å²) in [5.74, 6) is -0.687. The zero-order valence-corrected chi connectivity index (χ0v) is 25.4. The fraction of sp³-hybridized carbons (Fsp3) is 0.237. The fourth-order valence-electron chi connectivity index (χ4n) is 4.45. The molecule has 4 aromatic rings. The molecule has 6 heteroatoms. The number of hydrogen-bond acceptors (Lipinski definition) is 5. The minimum absolute atomic E-state index is 0.130. The smallest absolute Gasteiger partial charge is 0.311 e. The molecule has 0 saturated carbocycles. The van der Waals surface area contributed by atoms with Crippen molar-refractivity contribution in [2.45, 2.75) is 58.8 Å². The van der Waals surface area contributed by atoms with Gasteiger partial charge >= 0.3 is 11.9 Å². The van der Waals surface area contributed by atoms with Gasteiger partial charge < -0.3 is 9.47 Å². The van der Waals surface area contributed by atoms with Crippen molar-refractivity contribution in [2.75, 3.05) is 0 Å². The van der Waals surface area contributed by atoms with Crippen LogP contribution in [0.4, 0.5) is 4.39 Å². The number of rotatable bonds is 13. The first kappa shape index (κ1) is 33.5. The maximum absolute atomic E-state index is 14.6. The lowest BCUT2D eigenvalue weighted by Gasteiger charge is -2.08. The summed E-state index contributed by atoms with van der Waals surface area (Å²) < 4.78 is 25.3. The number of aryl methyl sites for hydroxylation is 1. The van der Waals surface area contributed by atoms with Gasteiger partial charge in [-0.2, -0.15) is 5.26 Å². The maximum Gasteiger partial charge on any atom is 0.311 e. The lowest BCUT2D eigenvalue weighted by molar-refractivity contribution is -0.134. The Morgan fingerprint density at radius 1 is 0.750 bits per heavy atom. The van der Waals surface area contributed by atoms with Gasteiger partial charge in [0.05, 0.1) is 11.6 Å². The van der Waals surface area contributed by atoms with E-state index in [0.29, 0.717) is 41.7 Å². The van der Waals surface area contributed by atoms with Crippen LogP contribution in [-0.2, 0) is 16.0 Å². The van der Waals surface area contributed by atoms with E-state index in [9.17, 15) is 14.0 Å². The second kappa shape index (κ2) is 17.8. The van der Waals surface area contributed by atoms with Gasteiger partial charge in [-0.05, 0) is 84.3 Å². The van der Waals surface area contributed by atoms with Crippen molar-refractivity contribution < 1.29 is 23.5 Å². The van der Waals surface area contributed by atoms with Gasteiger partial charge in [-0.25, -0.2) is 4.39 Å². The van der Waals surface area contributed by atoms with Gasteiger partial charge in [-0.15, -0.1) is 6.58 Å². The lowest BCUT2D eigenvalue weighted by Crippen LogP contribution is -2.09. The van der Waals surface area contributed by atoms with E-state index in [2.05, 4.69) is 30.8 Å². The first-order valence-electron chi connectivity index (χ1n) is 15.0. The first-order valence-corrected chi connectivity index (χ1v) is 15.0. The Hall–Kier alpha value is -5.02. The summed E-state index contributed by atoms with van der Waals surface area (Å²) in [4.78, 5) is 24.5. The third kappa shape index (κ3) is 10.4. The number of nitriles is 1. The highest BCUT2D eigenvalue weighted by Gasteiger charge is 2.11. The SMILES string of the molecule is C=CCCc1ccc(-c2ccc(OC(=O)CCCCCC(=O)Oc3ccc(-c4ccc(C#N)cc4)c(F)c3)cc2)cc1.CC. The summed E-state index contributed by atoms with van der Waals surface area (Å²) in [7, 11) is 0. The van der Waals surface area contributed by atoms with Crippen LogP contribution in [0.15, 0.2) is 104 Å². The number of allylic oxidation sites excluding steroid dienone is 1. The van der Waals surface area contributed by atoms with Gasteiger partial charge in [-0.1, -0.05) is 74.9 Å². The van der Waals surface area contributed by atoms with Crippen LogP contribution in [0.25, 0.3) is 22.3 Å². The van der Waals surface area contributed by atoms with Crippen LogP contribution in [-0.4, -0.2) is 11.9 Å². The predicted octanol–water partition coefficient (Wildman–Crippen LogP) is 9.64. The third-order valence-electron chi connectivity index (χ3n) is 6.77. The van der Waals surface area contributed by atoms with Gasteiger partial charge in [0.2, 0.25) is 0 Å². The van der Waals surface area contributed by atoms with E-state index in [1.165, 1.54) is 11.6 Å². The number of nitrogens with zero attached hydrogens (tertiary/aromatic N) is 1. The van der Waals surface area contributed by atoms with Crippen LogP contribution in [0.3, 0.4) is 0 Å². The molecule has 0 N–H and O–H groups in total. The predicted molar refractivity (Wildman–Crippen MR) is 173 cm³/mol. The summed E-state index contributed by atoms with van der Waals surface area (Å²) in [6.45, 7) is 7.76. The summed E-state index contributed by atoms with van der Waals surface area (Å²) >= 11 is 0. The molecule has 0 spiro atoms. The Kier molecular flexibility index (Phi) is 13.6. The molecule has 0 atom stereocenters. The minimum Gasteiger partial charge on any atom is -0.427 e. The fourth-order valence-corrected chi connectivity index (χ4v) is 4.45. The molecule has 226 valence electrons. The van der Waals surface area contributed by atoms with Gasteiger partial charge in [0.1, 0.15) is 17.3 Å². The topological polar surface area (TPSA) is 76.4 Å². The largest absolute Gasteiger partial charge is 0.427 e. The number of unbranched alkanes of at least 4 members (excludes halogenated alkanes) is 2. The number of carbonyl (C=O) groups is 2. The van der Waals surface area contributed by atoms with Crippen LogP contribution >= 0.6 is 0 Å². The number of carbonyl (C=O) groups excluding carboxylic acids is 2. The Morgan fingerprint density at radius 3 is 1.82 bits per heavy atom. The molecule has 0 amide bonds. The Balaban J connectivity index is 0.00000259.